The van der Waals surface area contributed by atoms with E-state index >= 15 is 0 Å². The molecule has 62 valence electrons. The third kappa shape index (κ3) is 2.37. The smallest absolute Gasteiger partial charge is 0.303 e. The Bertz CT molecular complexity index is 192. The maximum absolute atomic E-state index is 10.2. The fourth-order valence-corrected chi connectivity index (χ4v) is 1.55. The van der Waals surface area contributed by atoms with Crippen LogP contribution in [0.4, 0.5) is 0 Å². The zero-order valence-electron chi connectivity index (χ0n) is 6.89. The van der Waals surface area contributed by atoms with E-state index in [0.29, 0.717) is 6.42 Å². The summed E-state index contributed by atoms with van der Waals surface area (Å²) < 4.78 is 0. The largest absolute Gasteiger partial charge is 0.481 e. The van der Waals surface area contributed by atoms with E-state index in [9.17, 15) is 4.79 Å². The second-order valence-electron chi connectivity index (χ2n) is 3.13. The Morgan fingerprint density at radius 3 is 2.73 bits per heavy atom. The van der Waals surface area contributed by atoms with Gasteiger partial charge in [-0.1, -0.05) is 11.1 Å². The predicted octanol–water partition coefficient (Wildman–Crippen LogP) is 2.35. The first-order valence-corrected chi connectivity index (χ1v) is 4.09. The molecule has 0 bridgehead atoms. The monoisotopic (exact) mass is 154 g/mol. The molecular weight excluding hydrogens is 140 g/mol. The first-order valence-electron chi connectivity index (χ1n) is 4.09. The summed E-state index contributed by atoms with van der Waals surface area (Å²) >= 11 is 0. The summed E-state index contributed by atoms with van der Waals surface area (Å²) in [4.78, 5) is 10.2. The molecule has 1 rings (SSSR count). The van der Waals surface area contributed by atoms with Crippen LogP contribution in [0.5, 0.6) is 0 Å². The molecule has 2 nitrogen and oxygen atoms in total. The first kappa shape index (κ1) is 8.31. The van der Waals surface area contributed by atoms with Gasteiger partial charge in [0.05, 0.1) is 0 Å². The molecule has 1 aliphatic carbocycles. The van der Waals surface area contributed by atoms with Crippen molar-refractivity contribution >= 4 is 5.97 Å². The molecule has 0 amide bonds. The Morgan fingerprint density at radius 2 is 2.27 bits per heavy atom. The molecule has 0 aliphatic heterocycles. The van der Waals surface area contributed by atoms with Gasteiger partial charge in [0.2, 0.25) is 0 Å². The molecule has 0 atom stereocenters. The molecule has 0 saturated carbocycles. The van der Waals surface area contributed by atoms with Gasteiger partial charge in [-0.05, 0) is 32.6 Å². The molecule has 0 saturated heterocycles. The van der Waals surface area contributed by atoms with Crippen molar-refractivity contribution in [2.45, 2.75) is 39.0 Å². The van der Waals surface area contributed by atoms with E-state index in [1.54, 1.807) is 0 Å². The summed E-state index contributed by atoms with van der Waals surface area (Å²) in [5, 5.41) is 8.44. The normalized spacial score (nSPS) is 17.5. The Labute approximate surface area is 66.9 Å². The summed E-state index contributed by atoms with van der Waals surface area (Å²) in [5.74, 6) is -0.683. The van der Waals surface area contributed by atoms with Crippen LogP contribution in [0, 0.1) is 0 Å². The molecule has 0 fully saturated rings. The summed E-state index contributed by atoms with van der Waals surface area (Å²) in [5.41, 5.74) is 2.80. The van der Waals surface area contributed by atoms with Crippen LogP contribution >= 0.6 is 0 Å². The minimum absolute atomic E-state index is 0.298. The average molecular weight is 154 g/mol. The van der Waals surface area contributed by atoms with Crippen molar-refractivity contribution in [1.82, 2.24) is 0 Å². The minimum atomic E-state index is -0.683. The number of aliphatic carboxylic acids is 1. The standard InChI is InChI=1S/C9H14O2/c1-7-3-2-4-8(7)5-6-9(10)11/h2-6H2,1H3,(H,10,11). The van der Waals surface area contributed by atoms with Gasteiger partial charge < -0.3 is 5.11 Å². The van der Waals surface area contributed by atoms with E-state index < -0.39 is 5.97 Å². The molecular formula is C9H14O2. The summed E-state index contributed by atoms with van der Waals surface area (Å²) in [7, 11) is 0. The van der Waals surface area contributed by atoms with Crippen LogP contribution < -0.4 is 0 Å². The number of carbonyl (C=O) groups is 1. The van der Waals surface area contributed by atoms with Crippen molar-refractivity contribution in [3.8, 4) is 0 Å². The summed E-state index contributed by atoms with van der Waals surface area (Å²) in [6.45, 7) is 2.12. The average Bonchev–Trinajstić information content (AvgIpc) is 2.31. The fraction of sp³-hybridized carbons (Fsp3) is 0.667. The summed E-state index contributed by atoms with van der Waals surface area (Å²) in [6, 6.07) is 0. The van der Waals surface area contributed by atoms with Gasteiger partial charge in [-0.3, -0.25) is 4.79 Å². The molecule has 0 unspecified atom stereocenters. The van der Waals surface area contributed by atoms with E-state index in [1.165, 1.54) is 24.0 Å². The minimum Gasteiger partial charge on any atom is -0.481 e. The highest BCUT2D eigenvalue weighted by Crippen LogP contribution is 2.28. The lowest BCUT2D eigenvalue weighted by molar-refractivity contribution is -0.136. The SMILES string of the molecule is CC1=C(CCC(=O)O)CCC1. The zero-order valence-corrected chi connectivity index (χ0v) is 6.89. The van der Waals surface area contributed by atoms with E-state index in [2.05, 4.69) is 6.92 Å². The predicted molar refractivity (Wildman–Crippen MR) is 43.4 cm³/mol. The highest BCUT2D eigenvalue weighted by molar-refractivity contribution is 5.67. The number of rotatable bonds is 3. The third-order valence-electron chi connectivity index (χ3n) is 2.27. The molecule has 11 heavy (non-hydrogen) atoms. The molecule has 0 aromatic carbocycles. The Hall–Kier alpha value is -0.790. The van der Waals surface area contributed by atoms with Gasteiger partial charge in [0, 0.05) is 6.42 Å². The first-order chi connectivity index (χ1) is 5.20. The van der Waals surface area contributed by atoms with Crippen LogP contribution in [0.1, 0.15) is 39.0 Å². The zero-order chi connectivity index (χ0) is 8.27. The second kappa shape index (κ2) is 3.56. The van der Waals surface area contributed by atoms with Crippen molar-refractivity contribution in [2.75, 3.05) is 0 Å². The quantitative estimate of drug-likeness (QED) is 0.633. The summed E-state index contributed by atoms with van der Waals surface area (Å²) in [6.07, 6.45) is 4.59. The number of hydrogen-bond acceptors (Lipinski definition) is 1. The Kier molecular flexibility index (Phi) is 2.69. The lowest BCUT2D eigenvalue weighted by atomic mass is 10.1. The Balaban J connectivity index is 2.36. The van der Waals surface area contributed by atoms with Gasteiger partial charge in [-0.15, -0.1) is 0 Å². The molecule has 0 aromatic rings. The van der Waals surface area contributed by atoms with Crippen LogP contribution in [0.3, 0.4) is 0 Å². The fourth-order valence-electron chi connectivity index (χ4n) is 1.55. The van der Waals surface area contributed by atoms with Crippen molar-refractivity contribution in [3.05, 3.63) is 11.1 Å². The molecule has 1 aliphatic rings. The van der Waals surface area contributed by atoms with Crippen molar-refractivity contribution < 1.29 is 9.90 Å². The molecule has 0 aromatic heterocycles. The van der Waals surface area contributed by atoms with Gasteiger partial charge in [0.15, 0.2) is 0 Å². The van der Waals surface area contributed by atoms with E-state index in [1.807, 2.05) is 0 Å². The van der Waals surface area contributed by atoms with Crippen LogP contribution in [0.2, 0.25) is 0 Å². The number of carboxylic acids is 1. The van der Waals surface area contributed by atoms with Gasteiger partial charge >= 0.3 is 5.97 Å². The van der Waals surface area contributed by atoms with Crippen LogP contribution in [-0.4, -0.2) is 11.1 Å². The maximum Gasteiger partial charge on any atom is 0.303 e. The molecule has 0 radical (unpaired) electrons. The Morgan fingerprint density at radius 1 is 1.55 bits per heavy atom. The molecule has 0 heterocycles. The van der Waals surface area contributed by atoms with Gasteiger partial charge in [-0.25, -0.2) is 0 Å². The number of allylic oxidation sites excluding steroid dienone is 2. The van der Waals surface area contributed by atoms with Gasteiger partial charge in [0.1, 0.15) is 0 Å². The molecule has 0 spiro atoms. The third-order valence-corrected chi connectivity index (χ3v) is 2.27. The molecule has 2 heteroatoms. The van der Waals surface area contributed by atoms with Crippen molar-refractivity contribution in [1.29, 1.82) is 0 Å². The number of carboxylic acid groups (broad SMARTS) is 1. The topological polar surface area (TPSA) is 37.3 Å². The van der Waals surface area contributed by atoms with Crippen molar-refractivity contribution in [3.63, 3.8) is 0 Å². The van der Waals surface area contributed by atoms with Crippen LogP contribution in [0.25, 0.3) is 0 Å². The van der Waals surface area contributed by atoms with E-state index in [-0.39, 0.29) is 0 Å². The molecule has 1 N–H and O–H groups in total. The highest BCUT2D eigenvalue weighted by atomic mass is 16.4. The van der Waals surface area contributed by atoms with Crippen LogP contribution in [0.15, 0.2) is 11.1 Å². The van der Waals surface area contributed by atoms with Crippen LogP contribution in [-0.2, 0) is 4.79 Å². The highest BCUT2D eigenvalue weighted by Gasteiger charge is 2.11. The van der Waals surface area contributed by atoms with Gasteiger partial charge in [0.25, 0.3) is 0 Å². The van der Waals surface area contributed by atoms with Crippen molar-refractivity contribution in [2.24, 2.45) is 0 Å². The van der Waals surface area contributed by atoms with E-state index in [0.717, 1.165) is 12.8 Å². The maximum atomic E-state index is 10.2. The van der Waals surface area contributed by atoms with Gasteiger partial charge in [-0.2, -0.15) is 0 Å². The number of hydrogen-bond donors (Lipinski definition) is 1. The lowest BCUT2D eigenvalue weighted by Gasteiger charge is -1.99. The second-order valence-corrected chi connectivity index (χ2v) is 3.13. The lowest BCUT2D eigenvalue weighted by Crippen LogP contribution is -1.95. The van der Waals surface area contributed by atoms with E-state index in [4.69, 9.17) is 5.11 Å².